The molecule has 2 aromatic heterocycles. The number of H-pyrrole nitrogens is 1. The molecule has 0 aliphatic rings. The Morgan fingerprint density at radius 1 is 1.07 bits per heavy atom. The van der Waals surface area contributed by atoms with Crippen molar-refractivity contribution in [2.24, 2.45) is 5.73 Å². The van der Waals surface area contributed by atoms with Gasteiger partial charge in [-0.2, -0.15) is 0 Å². The van der Waals surface area contributed by atoms with E-state index in [0.29, 0.717) is 22.4 Å². The van der Waals surface area contributed by atoms with Crippen molar-refractivity contribution in [3.63, 3.8) is 0 Å². The first-order chi connectivity index (χ1) is 14.5. The quantitative estimate of drug-likeness (QED) is 0.459. The molecule has 0 fully saturated rings. The molecule has 0 spiro atoms. The molecule has 0 radical (unpaired) electrons. The highest BCUT2D eigenvalue weighted by Gasteiger charge is 2.23. The number of nitrogens with one attached hydrogen (secondary N) is 2. The molecule has 7 nitrogen and oxygen atoms in total. The first-order valence-electron chi connectivity index (χ1n) is 9.25. The van der Waals surface area contributed by atoms with Crippen molar-refractivity contribution >= 4 is 22.8 Å². The van der Waals surface area contributed by atoms with Crippen LogP contribution in [0.3, 0.4) is 0 Å². The van der Waals surface area contributed by atoms with Gasteiger partial charge in [0.25, 0.3) is 5.91 Å². The minimum absolute atomic E-state index is 0.0491. The van der Waals surface area contributed by atoms with Crippen molar-refractivity contribution in [2.75, 3.05) is 0 Å². The highest BCUT2D eigenvalue weighted by Crippen LogP contribution is 2.22. The lowest BCUT2D eigenvalue weighted by atomic mass is 10.0. The number of primary amides is 1. The standard InChI is InChI=1S/C22H18FN5O2/c23-16-6-2-1-4-14(16)12-18(20(24)29)27-22(30)15-5-3-7-17-19(15)28-21(26-17)13-8-10-25-11-9-13/h1-11,18H,12H2,(H2,24,29)(H,26,28)(H,27,30). The van der Waals surface area contributed by atoms with E-state index in [4.69, 9.17) is 5.73 Å². The van der Waals surface area contributed by atoms with Crippen LogP contribution in [0, 0.1) is 5.82 Å². The van der Waals surface area contributed by atoms with E-state index in [0.717, 1.165) is 5.56 Å². The van der Waals surface area contributed by atoms with Crippen LogP contribution in [0.5, 0.6) is 0 Å². The Morgan fingerprint density at radius 3 is 2.57 bits per heavy atom. The molecule has 1 atom stereocenters. The second-order valence-electron chi connectivity index (χ2n) is 6.75. The number of benzene rings is 2. The van der Waals surface area contributed by atoms with E-state index >= 15 is 0 Å². The molecular formula is C22H18FN5O2. The molecule has 4 rings (SSSR count). The van der Waals surface area contributed by atoms with E-state index in [-0.39, 0.29) is 12.0 Å². The van der Waals surface area contributed by atoms with Crippen LogP contribution in [-0.2, 0) is 11.2 Å². The summed E-state index contributed by atoms with van der Waals surface area (Å²) in [5, 5.41) is 2.61. The fraction of sp³-hybridized carbons (Fsp3) is 0.0909. The molecule has 0 aliphatic heterocycles. The number of hydrogen-bond acceptors (Lipinski definition) is 4. The maximum Gasteiger partial charge on any atom is 0.254 e. The lowest BCUT2D eigenvalue weighted by molar-refractivity contribution is -0.119. The number of para-hydroxylation sites is 1. The average molecular weight is 403 g/mol. The fourth-order valence-corrected chi connectivity index (χ4v) is 3.20. The van der Waals surface area contributed by atoms with E-state index in [2.05, 4.69) is 20.3 Å². The topological polar surface area (TPSA) is 114 Å². The molecule has 0 bridgehead atoms. The zero-order valence-corrected chi connectivity index (χ0v) is 15.8. The van der Waals surface area contributed by atoms with Crippen molar-refractivity contribution in [2.45, 2.75) is 12.5 Å². The highest BCUT2D eigenvalue weighted by atomic mass is 19.1. The van der Waals surface area contributed by atoms with Crippen molar-refractivity contribution in [1.29, 1.82) is 0 Å². The van der Waals surface area contributed by atoms with E-state index in [1.807, 2.05) is 0 Å². The Hall–Kier alpha value is -4.07. The maximum absolute atomic E-state index is 14.0. The summed E-state index contributed by atoms with van der Waals surface area (Å²) >= 11 is 0. The van der Waals surface area contributed by atoms with Gasteiger partial charge in [-0.25, -0.2) is 9.37 Å². The number of fused-ring (bicyclic) bond motifs is 1. The van der Waals surface area contributed by atoms with Gasteiger partial charge in [0, 0.05) is 24.4 Å². The van der Waals surface area contributed by atoms with Gasteiger partial charge in [-0.3, -0.25) is 14.6 Å². The van der Waals surface area contributed by atoms with Crippen LogP contribution in [0.2, 0.25) is 0 Å². The van der Waals surface area contributed by atoms with Gasteiger partial charge < -0.3 is 16.0 Å². The van der Waals surface area contributed by atoms with Gasteiger partial charge in [-0.15, -0.1) is 0 Å². The van der Waals surface area contributed by atoms with Gasteiger partial charge in [0.2, 0.25) is 5.91 Å². The lowest BCUT2D eigenvalue weighted by Crippen LogP contribution is -2.46. The fourth-order valence-electron chi connectivity index (χ4n) is 3.20. The molecule has 150 valence electrons. The summed E-state index contributed by atoms with van der Waals surface area (Å²) < 4.78 is 14.0. The Morgan fingerprint density at radius 2 is 1.83 bits per heavy atom. The number of halogens is 1. The number of imidazole rings is 1. The molecule has 0 saturated carbocycles. The van der Waals surface area contributed by atoms with E-state index in [1.165, 1.54) is 6.07 Å². The molecule has 8 heteroatoms. The monoisotopic (exact) mass is 403 g/mol. The van der Waals surface area contributed by atoms with E-state index in [9.17, 15) is 14.0 Å². The predicted octanol–water partition coefficient (Wildman–Crippen LogP) is 2.59. The van der Waals surface area contributed by atoms with Gasteiger partial charge >= 0.3 is 0 Å². The first-order valence-corrected chi connectivity index (χ1v) is 9.25. The van der Waals surface area contributed by atoms with Crippen molar-refractivity contribution in [1.82, 2.24) is 20.3 Å². The summed E-state index contributed by atoms with van der Waals surface area (Å²) in [6, 6.07) is 13.7. The smallest absolute Gasteiger partial charge is 0.254 e. The summed E-state index contributed by atoms with van der Waals surface area (Å²) in [7, 11) is 0. The number of carbonyl (C=O) groups excluding carboxylic acids is 2. The lowest BCUT2D eigenvalue weighted by Gasteiger charge is -2.16. The van der Waals surface area contributed by atoms with Crippen molar-refractivity contribution in [3.05, 3.63) is 83.9 Å². The Bertz CT molecular complexity index is 1220. The third-order valence-electron chi connectivity index (χ3n) is 4.74. The molecule has 0 aliphatic carbocycles. The summed E-state index contributed by atoms with van der Waals surface area (Å²) in [6.45, 7) is 0. The molecule has 4 aromatic rings. The van der Waals surface area contributed by atoms with Crippen LogP contribution < -0.4 is 11.1 Å². The van der Waals surface area contributed by atoms with Crippen LogP contribution in [0.15, 0.2) is 67.0 Å². The average Bonchev–Trinajstić information content (AvgIpc) is 3.19. The maximum atomic E-state index is 14.0. The molecule has 30 heavy (non-hydrogen) atoms. The number of rotatable bonds is 6. The number of carbonyl (C=O) groups is 2. The molecular weight excluding hydrogens is 385 g/mol. The SMILES string of the molecule is NC(=O)C(Cc1ccccc1F)NC(=O)c1cccc2[nH]c(-c3ccncc3)nc12. The predicted molar refractivity (Wildman–Crippen MR) is 110 cm³/mol. The summed E-state index contributed by atoms with van der Waals surface area (Å²) in [5.74, 6) is -1.15. The number of pyridine rings is 1. The van der Waals surface area contributed by atoms with Crippen LogP contribution in [-0.4, -0.2) is 32.8 Å². The molecule has 2 aromatic carbocycles. The van der Waals surface area contributed by atoms with E-state index in [1.54, 1.807) is 60.9 Å². The number of hydrogen-bond donors (Lipinski definition) is 3. The molecule has 2 heterocycles. The third-order valence-corrected chi connectivity index (χ3v) is 4.74. The Labute approximate surface area is 171 Å². The Balaban J connectivity index is 1.62. The van der Waals surface area contributed by atoms with Gasteiger partial charge in [-0.05, 0) is 35.9 Å². The highest BCUT2D eigenvalue weighted by molar-refractivity contribution is 6.06. The number of aromatic nitrogens is 3. The van der Waals surface area contributed by atoms with Gasteiger partial charge in [0.05, 0.1) is 11.1 Å². The Kier molecular flexibility index (Phi) is 5.21. The first kappa shape index (κ1) is 19.3. The summed E-state index contributed by atoms with van der Waals surface area (Å²) in [4.78, 5) is 36.5. The van der Waals surface area contributed by atoms with E-state index < -0.39 is 23.7 Å². The van der Waals surface area contributed by atoms with Crippen molar-refractivity contribution < 1.29 is 14.0 Å². The molecule has 4 N–H and O–H groups in total. The summed E-state index contributed by atoms with van der Waals surface area (Å²) in [6.07, 6.45) is 3.25. The van der Waals surface area contributed by atoms with Crippen LogP contribution >= 0.6 is 0 Å². The number of aromatic amines is 1. The zero-order chi connectivity index (χ0) is 21.1. The number of nitrogens with zero attached hydrogens (tertiary/aromatic N) is 2. The van der Waals surface area contributed by atoms with Gasteiger partial charge in [0.15, 0.2) is 0 Å². The molecule has 2 amide bonds. The molecule has 0 saturated heterocycles. The van der Waals surface area contributed by atoms with Crippen molar-refractivity contribution in [3.8, 4) is 11.4 Å². The third kappa shape index (κ3) is 3.88. The van der Waals surface area contributed by atoms with Crippen LogP contribution in [0.1, 0.15) is 15.9 Å². The summed E-state index contributed by atoms with van der Waals surface area (Å²) in [5.41, 5.74) is 7.96. The van der Waals surface area contributed by atoms with Crippen LogP contribution in [0.4, 0.5) is 4.39 Å². The second kappa shape index (κ2) is 8.12. The minimum atomic E-state index is -1.07. The second-order valence-corrected chi connectivity index (χ2v) is 6.75. The van der Waals surface area contributed by atoms with Gasteiger partial charge in [0.1, 0.15) is 23.2 Å². The molecule has 1 unspecified atom stereocenters. The minimum Gasteiger partial charge on any atom is -0.368 e. The number of amides is 2. The van der Waals surface area contributed by atoms with Crippen LogP contribution in [0.25, 0.3) is 22.4 Å². The number of nitrogens with two attached hydrogens (primary N) is 1. The zero-order valence-electron chi connectivity index (χ0n) is 15.8. The normalized spacial score (nSPS) is 11.9. The largest absolute Gasteiger partial charge is 0.368 e. The van der Waals surface area contributed by atoms with Gasteiger partial charge in [-0.1, -0.05) is 24.3 Å².